The molecular weight excluding hydrogens is 324 g/mol. The Bertz CT molecular complexity index is 758. The Hall–Kier alpha value is -2.69. The van der Waals surface area contributed by atoms with E-state index in [1.165, 1.54) is 31.2 Å². The average Bonchev–Trinajstić information content (AvgIpc) is 2.70. The van der Waals surface area contributed by atoms with Crippen molar-refractivity contribution in [1.82, 2.24) is 15.3 Å². The molecule has 1 N–H and O–H groups in total. The minimum Gasteiger partial charge on any atom is -0.350 e. The van der Waals surface area contributed by atoms with E-state index in [9.17, 15) is 4.79 Å². The highest BCUT2D eigenvalue weighted by Crippen LogP contribution is 2.23. The topological polar surface area (TPSA) is 58.1 Å². The van der Waals surface area contributed by atoms with Gasteiger partial charge in [0.15, 0.2) is 0 Å². The number of benzene rings is 1. The summed E-state index contributed by atoms with van der Waals surface area (Å²) in [5.41, 5.74) is 2.91. The molecule has 5 heteroatoms. The van der Waals surface area contributed by atoms with Crippen molar-refractivity contribution in [3.05, 3.63) is 60.1 Å². The Morgan fingerprint density at radius 2 is 2.04 bits per heavy atom. The molecule has 0 aliphatic heterocycles. The smallest absolute Gasteiger partial charge is 0.270 e. The SMILES string of the molecule is CCN(c1ccccc1)c1cc(C(=O)NCCC2=CCCCC2)ncn1. The lowest BCUT2D eigenvalue weighted by Gasteiger charge is -2.22. The lowest BCUT2D eigenvalue weighted by Crippen LogP contribution is -2.26. The fourth-order valence-corrected chi connectivity index (χ4v) is 3.26. The molecular formula is C21H26N4O. The summed E-state index contributed by atoms with van der Waals surface area (Å²) in [5, 5.41) is 2.98. The van der Waals surface area contributed by atoms with Gasteiger partial charge in [-0.1, -0.05) is 29.8 Å². The summed E-state index contributed by atoms with van der Waals surface area (Å²) in [5.74, 6) is 0.586. The second kappa shape index (κ2) is 9.13. The number of hydrogen-bond donors (Lipinski definition) is 1. The minimum absolute atomic E-state index is 0.144. The van der Waals surface area contributed by atoms with Crippen LogP contribution in [0.2, 0.25) is 0 Å². The number of nitrogens with zero attached hydrogens (tertiary/aromatic N) is 3. The van der Waals surface area contributed by atoms with Crippen molar-refractivity contribution in [2.75, 3.05) is 18.0 Å². The van der Waals surface area contributed by atoms with Gasteiger partial charge in [0.2, 0.25) is 0 Å². The molecule has 0 radical (unpaired) electrons. The fourth-order valence-electron chi connectivity index (χ4n) is 3.26. The first-order valence-corrected chi connectivity index (χ1v) is 9.38. The van der Waals surface area contributed by atoms with E-state index < -0.39 is 0 Å². The van der Waals surface area contributed by atoms with Gasteiger partial charge in [-0.15, -0.1) is 0 Å². The van der Waals surface area contributed by atoms with Crippen LogP contribution in [0.15, 0.2) is 54.4 Å². The minimum atomic E-state index is -0.144. The lowest BCUT2D eigenvalue weighted by molar-refractivity contribution is 0.0949. The summed E-state index contributed by atoms with van der Waals surface area (Å²) in [4.78, 5) is 23.0. The van der Waals surface area contributed by atoms with Gasteiger partial charge in [0.05, 0.1) is 0 Å². The zero-order valence-electron chi connectivity index (χ0n) is 15.3. The van der Waals surface area contributed by atoms with Crippen LogP contribution in [-0.4, -0.2) is 29.0 Å². The summed E-state index contributed by atoms with van der Waals surface area (Å²) in [7, 11) is 0. The lowest BCUT2D eigenvalue weighted by atomic mass is 9.97. The predicted octanol–water partition coefficient (Wildman–Crippen LogP) is 4.25. The Kier molecular flexibility index (Phi) is 6.36. The van der Waals surface area contributed by atoms with E-state index in [4.69, 9.17) is 0 Å². The second-order valence-corrected chi connectivity index (χ2v) is 6.46. The van der Waals surface area contributed by atoms with Gasteiger partial charge in [-0.2, -0.15) is 0 Å². The number of allylic oxidation sites excluding steroid dienone is 1. The van der Waals surface area contributed by atoms with Crippen molar-refractivity contribution in [2.45, 2.75) is 39.0 Å². The molecule has 2 aromatic rings. The van der Waals surface area contributed by atoms with E-state index in [0.29, 0.717) is 12.2 Å². The number of nitrogens with one attached hydrogen (secondary N) is 1. The third-order valence-electron chi connectivity index (χ3n) is 4.66. The zero-order valence-corrected chi connectivity index (χ0v) is 15.3. The summed E-state index contributed by atoms with van der Waals surface area (Å²) in [6.07, 6.45) is 9.59. The molecule has 1 aromatic heterocycles. The van der Waals surface area contributed by atoms with E-state index in [1.807, 2.05) is 30.3 Å². The molecule has 1 aliphatic rings. The van der Waals surface area contributed by atoms with E-state index in [2.05, 4.69) is 33.2 Å². The van der Waals surface area contributed by atoms with Crippen molar-refractivity contribution in [3.8, 4) is 0 Å². The molecule has 3 rings (SSSR count). The number of rotatable bonds is 7. The van der Waals surface area contributed by atoms with Crippen molar-refractivity contribution in [2.24, 2.45) is 0 Å². The fraction of sp³-hybridized carbons (Fsp3) is 0.381. The summed E-state index contributed by atoms with van der Waals surface area (Å²) in [6, 6.07) is 11.8. The van der Waals surface area contributed by atoms with E-state index in [-0.39, 0.29) is 5.91 Å². The van der Waals surface area contributed by atoms with Gasteiger partial charge in [0.1, 0.15) is 17.8 Å². The third-order valence-corrected chi connectivity index (χ3v) is 4.66. The molecule has 0 saturated heterocycles. The van der Waals surface area contributed by atoms with Crippen LogP contribution in [0.4, 0.5) is 11.5 Å². The van der Waals surface area contributed by atoms with Crippen LogP contribution in [0.3, 0.4) is 0 Å². The van der Waals surface area contributed by atoms with E-state index in [0.717, 1.165) is 30.9 Å². The molecule has 0 unspecified atom stereocenters. The van der Waals surface area contributed by atoms with Crippen molar-refractivity contribution in [1.29, 1.82) is 0 Å². The molecule has 1 heterocycles. The largest absolute Gasteiger partial charge is 0.350 e. The van der Waals surface area contributed by atoms with Gasteiger partial charge in [-0.25, -0.2) is 9.97 Å². The second-order valence-electron chi connectivity index (χ2n) is 6.46. The Morgan fingerprint density at radius 3 is 2.77 bits per heavy atom. The molecule has 5 nitrogen and oxygen atoms in total. The van der Waals surface area contributed by atoms with Crippen molar-refractivity contribution >= 4 is 17.4 Å². The molecule has 0 atom stereocenters. The van der Waals surface area contributed by atoms with Crippen molar-refractivity contribution in [3.63, 3.8) is 0 Å². The Balaban J connectivity index is 1.64. The molecule has 1 amide bonds. The highest BCUT2D eigenvalue weighted by molar-refractivity contribution is 5.93. The normalized spacial score (nSPS) is 13.8. The van der Waals surface area contributed by atoms with Crippen LogP contribution in [0.5, 0.6) is 0 Å². The number of hydrogen-bond acceptors (Lipinski definition) is 4. The molecule has 0 saturated carbocycles. The maximum atomic E-state index is 12.4. The van der Waals surface area contributed by atoms with Crippen LogP contribution in [-0.2, 0) is 0 Å². The third kappa shape index (κ3) is 4.69. The predicted molar refractivity (Wildman–Crippen MR) is 105 cm³/mol. The molecule has 136 valence electrons. The Labute approximate surface area is 155 Å². The van der Waals surface area contributed by atoms with Crippen LogP contribution in [0.1, 0.15) is 49.5 Å². The maximum Gasteiger partial charge on any atom is 0.270 e. The quantitative estimate of drug-likeness (QED) is 0.758. The van der Waals surface area contributed by atoms with E-state index >= 15 is 0 Å². The zero-order chi connectivity index (χ0) is 18.2. The monoisotopic (exact) mass is 350 g/mol. The molecule has 26 heavy (non-hydrogen) atoms. The molecule has 1 aromatic carbocycles. The molecule has 0 spiro atoms. The average molecular weight is 350 g/mol. The van der Waals surface area contributed by atoms with Crippen LogP contribution >= 0.6 is 0 Å². The standard InChI is InChI=1S/C21H26N4O/c1-2-25(18-11-7-4-8-12-18)20-15-19(23-16-24-20)21(26)22-14-13-17-9-5-3-6-10-17/h4,7-9,11-12,15-16H,2-3,5-6,10,13-14H2,1H3,(H,22,26). The molecule has 1 aliphatic carbocycles. The molecule has 0 bridgehead atoms. The van der Waals surface area contributed by atoms with Crippen molar-refractivity contribution < 1.29 is 4.79 Å². The highest BCUT2D eigenvalue weighted by Gasteiger charge is 2.13. The van der Waals surface area contributed by atoms with Gasteiger partial charge in [-0.05, 0) is 51.2 Å². The maximum absolute atomic E-state index is 12.4. The Morgan fingerprint density at radius 1 is 1.19 bits per heavy atom. The number of amides is 1. The number of carbonyl (C=O) groups excluding carboxylic acids is 1. The summed E-state index contributed by atoms with van der Waals surface area (Å²) >= 11 is 0. The first-order chi connectivity index (χ1) is 12.8. The number of para-hydroxylation sites is 1. The highest BCUT2D eigenvalue weighted by atomic mass is 16.1. The van der Waals surface area contributed by atoms with Gasteiger partial charge >= 0.3 is 0 Å². The summed E-state index contributed by atoms with van der Waals surface area (Å²) < 4.78 is 0. The van der Waals surface area contributed by atoms with Crippen LogP contribution < -0.4 is 10.2 Å². The van der Waals surface area contributed by atoms with Gasteiger partial charge in [0.25, 0.3) is 5.91 Å². The van der Waals surface area contributed by atoms with Crippen LogP contribution in [0, 0.1) is 0 Å². The van der Waals surface area contributed by atoms with Gasteiger partial charge in [0, 0.05) is 24.8 Å². The van der Waals surface area contributed by atoms with E-state index in [1.54, 1.807) is 6.07 Å². The van der Waals surface area contributed by atoms with Gasteiger partial charge in [-0.3, -0.25) is 4.79 Å². The summed E-state index contributed by atoms with van der Waals surface area (Å²) in [6.45, 7) is 3.48. The molecule has 0 fully saturated rings. The van der Waals surface area contributed by atoms with Crippen LogP contribution in [0.25, 0.3) is 0 Å². The number of carbonyl (C=O) groups is 1. The number of aromatic nitrogens is 2. The first-order valence-electron chi connectivity index (χ1n) is 9.38. The van der Waals surface area contributed by atoms with Gasteiger partial charge < -0.3 is 10.2 Å². The number of anilines is 2. The first kappa shape index (κ1) is 18.1.